The van der Waals surface area contributed by atoms with Crippen LogP contribution in [-0.4, -0.2) is 17.6 Å². The number of sulfonamides is 1. The molecule has 0 aliphatic carbocycles. The molecule has 5 nitrogen and oxygen atoms in total. The molecular formula is C42H27N3O2S. The van der Waals surface area contributed by atoms with Gasteiger partial charge in [-0.05, 0) is 72.8 Å². The average Bonchev–Trinajstić information content (AvgIpc) is 3.63. The van der Waals surface area contributed by atoms with Gasteiger partial charge in [-0.2, -0.15) is 0 Å². The van der Waals surface area contributed by atoms with Crippen LogP contribution in [0.1, 0.15) is 0 Å². The summed E-state index contributed by atoms with van der Waals surface area (Å²) >= 11 is 0. The van der Waals surface area contributed by atoms with Crippen molar-refractivity contribution in [1.29, 1.82) is 0 Å². The summed E-state index contributed by atoms with van der Waals surface area (Å²) in [6.07, 6.45) is 0. The van der Waals surface area contributed by atoms with Crippen molar-refractivity contribution in [3.05, 3.63) is 164 Å². The fourth-order valence-corrected chi connectivity index (χ4v) is 9.30. The number of fused-ring (bicyclic) bond motifs is 9. The number of nitrogens with zero attached hydrogens (tertiary/aromatic N) is 3. The van der Waals surface area contributed by atoms with Gasteiger partial charge >= 0.3 is 0 Å². The molecule has 0 amide bonds. The summed E-state index contributed by atoms with van der Waals surface area (Å²) in [5.74, 6) is 0. The second-order valence-corrected chi connectivity index (χ2v) is 14.0. The minimum absolute atomic E-state index is 0.285. The van der Waals surface area contributed by atoms with E-state index in [0.717, 1.165) is 60.5 Å². The average molecular weight is 638 g/mol. The van der Waals surface area contributed by atoms with Crippen LogP contribution in [0, 0.1) is 0 Å². The Hall–Kier alpha value is -6.11. The van der Waals surface area contributed by atoms with E-state index in [2.05, 4.69) is 81.9 Å². The predicted molar refractivity (Wildman–Crippen MR) is 196 cm³/mol. The van der Waals surface area contributed by atoms with E-state index in [1.165, 1.54) is 4.31 Å². The molecule has 0 fully saturated rings. The van der Waals surface area contributed by atoms with Crippen molar-refractivity contribution in [2.75, 3.05) is 4.31 Å². The van der Waals surface area contributed by atoms with Crippen molar-refractivity contribution in [2.24, 2.45) is 0 Å². The minimum atomic E-state index is -4.03. The van der Waals surface area contributed by atoms with Gasteiger partial charge in [0.25, 0.3) is 10.0 Å². The summed E-state index contributed by atoms with van der Waals surface area (Å²) in [4.78, 5) is 0.285. The molecule has 6 heteroatoms. The predicted octanol–water partition coefficient (Wildman–Crippen LogP) is 10.4. The third-order valence-electron chi connectivity index (χ3n) is 9.61. The molecule has 7 aromatic carbocycles. The molecule has 1 aliphatic heterocycles. The van der Waals surface area contributed by atoms with E-state index in [-0.39, 0.29) is 4.90 Å². The highest BCUT2D eigenvalue weighted by Gasteiger charge is 2.38. The Balaban J connectivity index is 1.38. The Morgan fingerprint density at radius 2 is 0.833 bits per heavy atom. The lowest BCUT2D eigenvalue weighted by Gasteiger charge is -2.32. The van der Waals surface area contributed by atoms with Crippen LogP contribution in [0.3, 0.4) is 0 Å². The monoisotopic (exact) mass is 637 g/mol. The second kappa shape index (κ2) is 9.94. The van der Waals surface area contributed by atoms with Gasteiger partial charge in [-0.15, -0.1) is 0 Å². The third kappa shape index (κ3) is 3.69. The topological polar surface area (TPSA) is 47.2 Å². The summed E-state index contributed by atoms with van der Waals surface area (Å²) in [7, 11) is -4.03. The number of para-hydroxylation sites is 5. The van der Waals surface area contributed by atoms with Gasteiger partial charge in [0.05, 0.1) is 38.3 Å². The molecule has 0 radical (unpaired) electrons. The van der Waals surface area contributed by atoms with Crippen LogP contribution >= 0.6 is 0 Å². The highest BCUT2D eigenvalue weighted by atomic mass is 32.2. The Bertz CT molecular complexity index is 2840. The number of aromatic nitrogens is 2. The van der Waals surface area contributed by atoms with Crippen LogP contribution in [0.4, 0.5) is 11.4 Å². The van der Waals surface area contributed by atoms with E-state index in [4.69, 9.17) is 0 Å². The summed E-state index contributed by atoms with van der Waals surface area (Å²) in [5.41, 5.74) is 8.80. The van der Waals surface area contributed by atoms with Gasteiger partial charge in [0, 0.05) is 44.0 Å². The van der Waals surface area contributed by atoms with Gasteiger partial charge in [-0.3, -0.25) is 0 Å². The van der Waals surface area contributed by atoms with Gasteiger partial charge in [0.1, 0.15) is 0 Å². The van der Waals surface area contributed by atoms with Gasteiger partial charge < -0.3 is 9.13 Å². The maximum atomic E-state index is 15.0. The van der Waals surface area contributed by atoms with Crippen molar-refractivity contribution in [3.63, 3.8) is 0 Å². The summed E-state index contributed by atoms with van der Waals surface area (Å²) < 4.78 is 36.0. The first kappa shape index (κ1) is 27.0. The molecule has 0 saturated carbocycles. The molecule has 0 spiro atoms. The maximum absolute atomic E-state index is 15.0. The molecule has 3 heterocycles. The van der Waals surface area contributed by atoms with Gasteiger partial charge in [0.15, 0.2) is 0 Å². The molecule has 10 rings (SSSR count). The first-order valence-corrected chi connectivity index (χ1v) is 17.4. The summed E-state index contributed by atoms with van der Waals surface area (Å²) in [6.45, 7) is 0. The van der Waals surface area contributed by atoms with Crippen LogP contribution in [0.2, 0.25) is 0 Å². The molecule has 0 bridgehead atoms. The van der Waals surface area contributed by atoms with E-state index < -0.39 is 10.0 Å². The molecule has 0 saturated heterocycles. The molecule has 228 valence electrons. The fourth-order valence-electron chi connectivity index (χ4n) is 7.59. The second-order valence-electron chi connectivity index (χ2n) is 12.2. The number of benzene rings is 7. The fraction of sp³-hybridized carbons (Fsp3) is 0. The van der Waals surface area contributed by atoms with E-state index in [1.54, 1.807) is 0 Å². The maximum Gasteiger partial charge on any atom is 0.269 e. The third-order valence-corrected chi connectivity index (χ3v) is 11.4. The quantitative estimate of drug-likeness (QED) is 0.194. The summed E-state index contributed by atoms with van der Waals surface area (Å²) in [6, 6.07) is 54.7. The van der Waals surface area contributed by atoms with Crippen molar-refractivity contribution in [2.45, 2.75) is 4.90 Å². The Morgan fingerprint density at radius 3 is 1.40 bits per heavy atom. The highest BCUT2D eigenvalue weighted by molar-refractivity contribution is 7.93. The van der Waals surface area contributed by atoms with E-state index >= 15 is 8.42 Å². The highest BCUT2D eigenvalue weighted by Crippen LogP contribution is 2.51. The van der Waals surface area contributed by atoms with E-state index in [1.807, 2.05) is 91.0 Å². The van der Waals surface area contributed by atoms with Gasteiger partial charge in [-0.1, -0.05) is 91.0 Å². The smallest absolute Gasteiger partial charge is 0.269 e. The molecule has 0 N–H and O–H groups in total. The van der Waals surface area contributed by atoms with Crippen molar-refractivity contribution >= 4 is 65.0 Å². The first-order chi connectivity index (χ1) is 23.6. The SMILES string of the molecule is O=S1(=O)c2cc3c(cc2-c2cc4c(cc2N1c1ccccc1)c1ccccc1n4-c1ccccc1)c1ccccc1n3-c1ccccc1. The van der Waals surface area contributed by atoms with Crippen molar-refractivity contribution in [3.8, 4) is 22.5 Å². The van der Waals surface area contributed by atoms with Gasteiger partial charge in [-0.25, -0.2) is 12.7 Å². The lowest BCUT2D eigenvalue weighted by atomic mass is 9.98. The zero-order valence-corrected chi connectivity index (χ0v) is 26.5. The molecule has 2 aromatic heterocycles. The molecule has 48 heavy (non-hydrogen) atoms. The summed E-state index contributed by atoms with van der Waals surface area (Å²) in [5, 5.41) is 4.14. The minimum Gasteiger partial charge on any atom is -0.309 e. The van der Waals surface area contributed by atoms with E-state index in [9.17, 15) is 0 Å². The van der Waals surface area contributed by atoms with Crippen LogP contribution < -0.4 is 4.31 Å². The van der Waals surface area contributed by atoms with E-state index in [0.29, 0.717) is 16.9 Å². The molecule has 1 aliphatic rings. The lowest BCUT2D eigenvalue weighted by Crippen LogP contribution is -2.30. The molecular weight excluding hydrogens is 611 g/mol. The standard InChI is InChI=1S/C42H27N3O2S/c46-48(47)42-27-40-33(31-20-10-12-22-37(31)44(40)29-16-6-2-7-17-29)24-36(42)35-25-39-34(26-41(35)45(48)30-18-8-3-9-19-30)32-21-11-13-23-38(32)43(39)28-14-4-1-5-15-28/h1-27H. The number of hydrogen-bond acceptors (Lipinski definition) is 2. The van der Waals surface area contributed by atoms with Crippen LogP contribution in [0.25, 0.3) is 66.1 Å². The van der Waals surface area contributed by atoms with Crippen LogP contribution in [0.5, 0.6) is 0 Å². The number of anilines is 2. The number of hydrogen-bond donors (Lipinski definition) is 0. The first-order valence-electron chi connectivity index (χ1n) is 16.0. The van der Waals surface area contributed by atoms with Gasteiger partial charge in [0.2, 0.25) is 0 Å². The number of rotatable bonds is 3. The molecule has 9 aromatic rings. The zero-order valence-electron chi connectivity index (χ0n) is 25.7. The Morgan fingerprint density at radius 1 is 0.375 bits per heavy atom. The largest absolute Gasteiger partial charge is 0.309 e. The van der Waals surface area contributed by atoms with Crippen LogP contribution in [0.15, 0.2) is 169 Å². The van der Waals surface area contributed by atoms with Crippen molar-refractivity contribution < 1.29 is 8.42 Å². The normalized spacial score (nSPS) is 13.7. The molecule has 0 atom stereocenters. The Labute approximate surface area is 277 Å². The Kier molecular flexibility index (Phi) is 5.60. The van der Waals surface area contributed by atoms with Crippen LogP contribution in [-0.2, 0) is 10.0 Å². The zero-order chi connectivity index (χ0) is 32.0. The van der Waals surface area contributed by atoms with Crippen molar-refractivity contribution in [1.82, 2.24) is 9.13 Å². The molecule has 0 unspecified atom stereocenters. The lowest BCUT2D eigenvalue weighted by molar-refractivity contribution is 0.596.